The second-order valence-electron chi connectivity index (χ2n) is 9.97. The zero-order valence-corrected chi connectivity index (χ0v) is 25.9. The van der Waals surface area contributed by atoms with Gasteiger partial charge in [0, 0.05) is 28.0 Å². The highest BCUT2D eigenvalue weighted by atomic mass is 79.9. The molecule has 12 nitrogen and oxygen atoms in total. The second kappa shape index (κ2) is 16.1. The van der Waals surface area contributed by atoms with Crippen molar-refractivity contribution in [2.24, 2.45) is 11.5 Å². The number of carbonyl (C=O) groups excluding carboxylic acids is 4. The third-order valence-electron chi connectivity index (χ3n) is 6.72. The normalized spacial score (nSPS) is 13.8. The van der Waals surface area contributed by atoms with E-state index in [9.17, 15) is 29.1 Å². The van der Waals surface area contributed by atoms with Crippen LogP contribution >= 0.6 is 27.7 Å². The quantitative estimate of drug-likeness (QED) is 0.117. The number of fused-ring (bicyclic) bond motifs is 1. The largest absolute Gasteiger partial charge is 0.481 e. The number of nitrogens with two attached hydrogens (primary N) is 2. The molecule has 3 aromatic rings. The van der Waals surface area contributed by atoms with Gasteiger partial charge in [0.1, 0.15) is 18.1 Å². The Kier molecular flexibility index (Phi) is 12.6. The number of rotatable bonds is 16. The highest BCUT2D eigenvalue weighted by Crippen LogP contribution is 2.19. The van der Waals surface area contributed by atoms with E-state index in [1.807, 2.05) is 30.5 Å². The van der Waals surface area contributed by atoms with Gasteiger partial charge in [-0.1, -0.05) is 46.3 Å². The number of aromatic amines is 1. The Labute approximate surface area is 261 Å². The van der Waals surface area contributed by atoms with Crippen LogP contribution in [0.5, 0.6) is 0 Å². The fraction of sp³-hybridized carbons (Fsp3) is 0.345. The number of halogens is 1. The van der Waals surface area contributed by atoms with Crippen LogP contribution in [0.4, 0.5) is 0 Å². The van der Waals surface area contributed by atoms with E-state index in [2.05, 4.69) is 36.9 Å². The fourth-order valence-electron chi connectivity index (χ4n) is 4.42. The van der Waals surface area contributed by atoms with E-state index in [4.69, 9.17) is 11.5 Å². The molecule has 4 amide bonds. The smallest absolute Gasteiger partial charge is 0.305 e. The fourth-order valence-corrected chi connectivity index (χ4v) is 5.16. The Hall–Kier alpha value is -3.88. The first kappa shape index (κ1) is 33.6. The van der Waals surface area contributed by atoms with E-state index in [0.29, 0.717) is 11.3 Å². The topological polar surface area (TPSA) is 209 Å². The zero-order chi connectivity index (χ0) is 31.5. The van der Waals surface area contributed by atoms with Crippen molar-refractivity contribution >= 4 is 68.2 Å². The highest BCUT2D eigenvalue weighted by molar-refractivity contribution is 9.10. The molecule has 0 saturated carbocycles. The van der Waals surface area contributed by atoms with Crippen molar-refractivity contribution in [1.29, 1.82) is 0 Å². The van der Waals surface area contributed by atoms with E-state index < -0.39 is 60.2 Å². The summed E-state index contributed by atoms with van der Waals surface area (Å²) in [6, 6.07) is 9.83. The van der Waals surface area contributed by atoms with Crippen molar-refractivity contribution in [2.75, 3.05) is 12.0 Å². The molecule has 0 aliphatic carbocycles. The van der Waals surface area contributed by atoms with Crippen LogP contribution in [0.1, 0.15) is 24.0 Å². The predicted octanol–water partition coefficient (Wildman–Crippen LogP) is 1.21. The number of carboxylic acid groups (broad SMARTS) is 1. The van der Waals surface area contributed by atoms with Crippen LogP contribution in [0.25, 0.3) is 10.9 Å². The summed E-state index contributed by atoms with van der Waals surface area (Å²) >= 11 is 4.77. The molecule has 0 aliphatic heterocycles. The minimum atomic E-state index is -1.54. The monoisotopic (exact) mass is 674 g/mol. The molecule has 0 spiro atoms. The number of hydrogen-bond donors (Lipinski definition) is 7. The van der Waals surface area contributed by atoms with Gasteiger partial charge in [0.15, 0.2) is 0 Å². The van der Waals surface area contributed by atoms with Gasteiger partial charge < -0.3 is 37.5 Å². The maximum Gasteiger partial charge on any atom is 0.305 e. The number of aliphatic carboxylic acids is 1. The van der Waals surface area contributed by atoms with Crippen molar-refractivity contribution < 1.29 is 29.1 Å². The predicted molar refractivity (Wildman–Crippen MR) is 168 cm³/mol. The zero-order valence-electron chi connectivity index (χ0n) is 23.5. The number of amides is 4. The molecule has 9 N–H and O–H groups in total. The average molecular weight is 676 g/mol. The number of carbonyl (C=O) groups is 5. The van der Waals surface area contributed by atoms with Crippen LogP contribution in [-0.2, 0) is 36.8 Å². The van der Waals surface area contributed by atoms with Crippen LogP contribution in [0, 0.1) is 0 Å². The molecule has 43 heavy (non-hydrogen) atoms. The van der Waals surface area contributed by atoms with Crippen molar-refractivity contribution in [3.8, 4) is 0 Å². The maximum atomic E-state index is 13.3. The first-order chi connectivity index (χ1) is 20.5. The summed E-state index contributed by atoms with van der Waals surface area (Å²) < 4.78 is 0.821. The third kappa shape index (κ3) is 10.1. The average Bonchev–Trinajstić information content (AvgIpc) is 3.37. The van der Waals surface area contributed by atoms with E-state index in [0.717, 1.165) is 20.9 Å². The summed E-state index contributed by atoms with van der Waals surface area (Å²) in [5.41, 5.74) is 14.1. The standard InChI is InChI=1S/C29H35BrN6O6S/c1-43-11-10-22(34-27(40)20(31)13-17-15-33-21-5-3-2-4-19(17)21)28(41)36-24(14-25(37)38)29(42)35-23(26(32)39)12-16-6-8-18(30)9-7-16/h2-9,15,20,22-24,33H,10-14,31H2,1H3,(H2,32,39)(H,34,40)(H,35,42)(H,36,41)(H,37,38)/t20-,22+,23+,24+/m1/s1. The molecule has 1 heterocycles. The molecule has 2 aromatic carbocycles. The lowest BCUT2D eigenvalue weighted by molar-refractivity contribution is -0.141. The summed E-state index contributed by atoms with van der Waals surface area (Å²) in [6.07, 6.45) is 3.32. The number of aromatic nitrogens is 1. The molecule has 1 aromatic heterocycles. The van der Waals surface area contributed by atoms with Gasteiger partial charge in [-0.25, -0.2) is 0 Å². The van der Waals surface area contributed by atoms with Crippen LogP contribution < -0.4 is 27.4 Å². The molecule has 3 rings (SSSR count). The Morgan fingerprint density at radius 3 is 2.19 bits per heavy atom. The van der Waals surface area contributed by atoms with Crippen LogP contribution in [-0.4, -0.2) is 75.9 Å². The molecular weight excluding hydrogens is 640 g/mol. The number of primary amides is 1. The van der Waals surface area contributed by atoms with Gasteiger partial charge in [0.2, 0.25) is 23.6 Å². The molecule has 0 saturated heterocycles. The lowest BCUT2D eigenvalue weighted by Gasteiger charge is -2.25. The molecule has 0 unspecified atom stereocenters. The van der Waals surface area contributed by atoms with Gasteiger partial charge in [-0.2, -0.15) is 11.8 Å². The molecule has 4 atom stereocenters. The van der Waals surface area contributed by atoms with E-state index >= 15 is 0 Å². The van der Waals surface area contributed by atoms with Gasteiger partial charge in [-0.3, -0.25) is 24.0 Å². The molecular formula is C29H35BrN6O6S. The summed E-state index contributed by atoms with van der Waals surface area (Å²) in [5.74, 6) is -3.92. The SMILES string of the molecule is CSCC[C@H](NC(=O)[C@H](N)Cc1c[nH]c2ccccc12)C(=O)N[C@@H](CC(=O)O)C(=O)N[C@@H](Cc1ccc(Br)cc1)C(N)=O. The second-order valence-corrected chi connectivity index (χ2v) is 11.9. The molecule has 0 bridgehead atoms. The lowest BCUT2D eigenvalue weighted by Crippen LogP contribution is -2.58. The first-order valence-corrected chi connectivity index (χ1v) is 15.6. The molecule has 0 fully saturated rings. The Bertz CT molecular complexity index is 1450. The summed E-state index contributed by atoms with van der Waals surface area (Å²) in [5, 5.41) is 17.9. The lowest BCUT2D eigenvalue weighted by atomic mass is 10.0. The number of para-hydroxylation sites is 1. The minimum Gasteiger partial charge on any atom is -0.481 e. The maximum absolute atomic E-state index is 13.3. The van der Waals surface area contributed by atoms with Crippen molar-refractivity contribution in [3.63, 3.8) is 0 Å². The Balaban J connectivity index is 1.69. The Morgan fingerprint density at radius 1 is 0.907 bits per heavy atom. The number of benzene rings is 2. The van der Waals surface area contributed by atoms with Crippen LogP contribution in [0.2, 0.25) is 0 Å². The van der Waals surface area contributed by atoms with Gasteiger partial charge in [0.25, 0.3) is 0 Å². The van der Waals surface area contributed by atoms with Crippen LogP contribution in [0.3, 0.4) is 0 Å². The van der Waals surface area contributed by atoms with E-state index in [-0.39, 0.29) is 19.3 Å². The van der Waals surface area contributed by atoms with Crippen molar-refractivity contribution in [2.45, 2.75) is 49.9 Å². The van der Waals surface area contributed by atoms with E-state index in [1.54, 1.807) is 30.5 Å². The van der Waals surface area contributed by atoms with E-state index in [1.165, 1.54) is 11.8 Å². The number of nitrogens with one attached hydrogen (secondary N) is 4. The summed E-state index contributed by atoms with van der Waals surface area (Å²) in [6.45, 7) is 0. The minimum absolute atomic E-state index is 0.0583. The Morgan fingerprint density at radius 2 is 1.53 bits per heavy atom. The molecule has 14 heteroatoms. The molecule has 0 radical (unpaired) electrons. The summed E-state index contributed by atoms with van der Waals surface area (Å²) in [7, 11) is 0. The van der Waals surface area contributed by atoms with Crippen molar-refractivity contribution in [1.82, 2.24) is 20.9 Å². The third-order valence-corrected chi connectivity index (χ3v) is 7.89. The van der Waals surface area contributed by atoms with Gasteiger partial charge in [-0.05, 0) is 54.2 Å². The van der Waals surface area contributed by atoms with Gasteiger partial charge >= 0.3 is 5.97 Å². The molecule has 230 valence electrons. The van der Waals surface area contributed by atoms with Gasteiger partial charge in [-0.15, -0.1) is 0 Å². The van der Waals surface area contributed by atoms with Crippen LogP contribution in [0.15, 0.2) is 59.2 Å². The summed E-state index contributed by atoms with van der Waals surface area (Å²) in [4.78, 5) is 66.2. The first-order valence-electron chi connectivity index (χ1n) is 13.4. The highest BCUT2D eigenvalue weighted by Gasteiger charge is 2.31. The number of thioether (sulfide) groups is 1. The van der Waals surface area contributed by atoms with Gasteiger partial charge in [0.05, 0.1) is 12.5 Å². The number of carboxylic acids is 1. The van der Waals surface area contributed by atoms with Crippen molar-refractivity contribution in [3.05, 3.63) is 70.3 Å². The molecule has 0 aliphatic rings. The number of H-pyrrole nitrogens is 1. The number of hydrogen-bond acceptors (Lipinski definition) is 7.